The van der Waals surface area contributed by atoms with Crippen LogP contribution in [0.4, 0.5) is 0 Å². The van der Waals surface area contributed by atoms with Crippen molar-refractivity contribution in [2.75, 3.05) is 26.4 Å². The zero-order valence-corrected chi connectivity index (χ0v) is 12.4. The molecule has 1 aromatic heterocycles. The fourth-order valence-corrected chi connectivity index (χ4v) is 1.93. The molecule has 0 amide bonds. The molecule has 0 aliphatic carbocycles. The summed E-state index contributed by atoms with van der Waals surface area (Å²) >= 11 is 0. The standard InChI is InChI=1S/C16H28NO2/c1-3-4-5-8-12-18-14-15-19-13-11-17-10-7-6-9-16(17)2/h6-7,9-10H,3-5,8,11-15H2,1-2H3/q+1. The first kappa shape index (κ1) is 16.1. The van der Waals surface area contributed by atoms with Crippen molar-refractivity contribution < 1.29 is 14.0 Å². The van der Waals surface area contributed by atoms with Crippen molar-refractivity contribution in [1.29, 1.82) is 0 Å². The minimum atomic E-state index is 0.695. The second kappa shape index (κ2) is 10.9. The van der Waals surface area contributed by atoms with Crippen molar-refractivity contribution >= 4 is 0 Å². The van der Waals surface area contributed by atoms with Crippen LogP contribution in [-0.2, 0) is 16.0 Å². The molecule has 108 valence electrons. The Morgan fingerprint density at radius 3 is 2.47 bits per heavy atom. The molecular weight excluding hydrogens is 238 g/mol. The Morgan fingerprint density at radius 1 is 0.947 bits per heavy atom. The van der Waals surface area contributed by atoms with Gasteiger partial charge in [-0.25, -0.2) is 4.57 Å². The molecule has 0 atom stereocenters. The lowest BCUT2D eigenvalue weighted by molar-refractivity contribution is -0.704. The van der Waals surface area contributed by atoms with Crippen LogP contribution >= 0.6 is 0 Å². The van der Waals surface area contributed by atoms with Gasteiger partial charge in [0.05, 0.1) is 13.2 Å². The fourth-order valence-electron chi connectivity index (χ4n) is 1.93. The van der Waals surface area contributed by atoms with Crippen LogP contribution in [0.15, 0.2) is 24.4 Å². The van der Waals surface area contributed by atoms with E-state index in [-0.39, 0.29) is 0 Å². The van der Waals surface area contributed by atoms with Crippen LogP contribution in [0.5, 0.6) is 0 Å². The molecule has 1 aromatic rings. The van der Waals surface area contributed by atoms with Gasteiger partial charge in [-0.1, -0.05) is 32.3 Å². The second-order valence-electron chi connectivity index (χ2n) is 4.82. The molecule has 0 bridgehead atoms. The molecule has 0 N–H and O–H groups in total. The summed E-state index contributed by atoms with van der Waals surface area (Å²) in [5, 5.41) is 0. The molecule has 0 fully saturated rings. The number of ether oxygens (including phenoxy) is 2. The molecule has 0 unspecified atom stereocenters. The highest BCUT2D eigenvalue weighted by Gasteiger charge is 2.03. The number of hydrogen-bond donors (Lipinski definition) is 0. The molecule has 0 aliphatic rings. The average molecular weight is 266 g/mol. The number of unbranched alkanes of at least 4 members (excludes halogenated alkanes) is 3. The van der Waals surface area contributed by atoms with Crippen molar-refractivity contribution in [1.82, 2.24) is 0 Å². The summed E-state index contributed by atoms with van der Waals surface area (Å²) in [7, 11) is 0. The smallest absolute Gasteiger partial charge is 0.178 e. The molecule has 3 nitrogen and oxygen atoms in total. The summed E-state index contributed by atoms with van der Waals surface area (Å²) in [6.07, 6.45) is 7.13. The highest BCUT2D eigenvalue weighted by atomic mass is 16.5. The van der Waals surface area contributed by atoms with Crippen molar-refractivity contribution in [3.63, 3.8) is 0 Å². The van der Waals surface area contributed by atoms with Gasteiger partial charge in [-0.3, -0.25) is 0 Å². The molecular formula is C16H28NO2+. The SMILES string of the molecule is CCCCCCOCCOCC[n+]1ccccc1C. The van der Waals surface area contributed by atoms with E-state index in [9.17, 15) is 0 Å². The van der Waals surface area contributed by atoms with E-state index in [0.29, 0.717) is 13.2 Å². The van der Waals surface area contributed by atoms with E-state index in [4.69, 9.17) is 9.47 Å². The number of nitrogens with zero attached hydrogens (tertiary/aromatic N) is 1. The Labute approximate surface area is 117 Å². The molecule has 1 rings (SSSR count). The highest BCUT2D eigenvalue weighted by Crippen LogP contribution is 1.98. The molecule has 0 aromatic carbocycles. The minimum Gasteiger partial charge on any atom is -0.379 e. The third kappa shape index (κ3) is 7.96. The molecule has 19 heavy (non-hydrogen) atoms. The molecule has 0 spiro atoms. The summed E-state index contributed by atoms with van der Waals surface area (Å²) in [5.74, 6) is 0. The molecule has 0 radical (unpaired) electrons. The van der Waals surface area contributed by atoms with E-state index in [1.165, 1.54) is 31.4 Å². The molecule has 0 saturated heterocycles. The third-order valence-electron chi connectivity index (χ3n) is 3.16. The van der Waals surface area contributed by atoms with Gasteiger partial charge in [0.2, 0.25) is 0 Å². The third-order valence-corrected chi connectivity index (χ3v) is 3.16. The molecule has 1 heterocycles. The van der Waals surface area contributed by atoms with Gasteiger partial charge in [0.25, 0.3) is 0 Å². The van der Waals surface area contributed by atoms with Crippen molar-refractivity contribution in [2.24, 2.45) is 0 Å². The zero-order valence-electron chi connectivity index (χ0n) is 12.4. The largest absolute Gasteiger partial charge is 0.379 e. The lowest BCUT2D eigenvalue weighted by Crippen LogP contribution is -2.38. The molecule has 0 saturated carbocycles. The monoisotopic (exact) mass is 266 g/mol. The Kier molecular flexibility index (Phi) is 9.29. The van der Waals surface area contributed by atoms with Crippen molar-refractivity contribution in [3.05, 3.63) is 30.1 Å². The first-order valence-corrected chi connectivity index (χ1v) is 7.45. The maximum Gasteiger partial charge on any atom is 0.178 e. The average Bonchev–Trinajstić information content (AvgIpc) is 2.43. The van der Waals surface area contributed by atoms with Gasteiger partial charge in [0, 0.05) is 25.7 Å². The van der Waals surface area contributed by atoms with Gasteiger partial charge in [-0.05, 0) is 6.42 Å². The van der Waals surface area contributed by atoms with Crippen LogP contribution in [0.25, 0.3) is 0 Å². The number of aryl methyl sites for hydroxylation is 1. The Bertz CT molecular complexity index is 328. The van der Waals surface area contributed by atoms with Gasteiger partial charge in [-0.15, -0.1) is 0 Å². The Hall–Kier alpha value is -0.930. The van der Waals surface area contributed by atoms with E-state index < -0.39 is 0 Å². The van der Waals surface area contributed by atoms with Gasteiger partial charge in [0.1, 0.15) is 6.61 Å². The second-order valence-corrected chi connectivity index (χ2v) is 4.82. The quantitative estimate of drug-likeness (QED) is 0.454. The summed E-state index contributed by atoms with van der Waals surface area (Å²) in [6, 6.07) is 6.21. The van der Waals surface area contributed by atoms with E-state index in [0.717, 1.165) is 19.8 Å². The number of hydrogen-bond acceptors (Lipinski definition) is 2. The van der Waals surface area contributed by atoms with Crippen LogP contribution in [0.2, 0.25) is 0 Å². The normalized spacial score (nSPS) is 10.8. The minimum absolute atomic E-state index is 0.695. The number of aromatic nitrogens is 1. The number of pyridine rings is 1. The van der Waals surface area contributed by atoms with Crippen LogP contribution in [0.1, 0.15) is 38.3 Å². The first-order chi connectivity index (χ1) is 9.34. The van der Waals surface area contributed by atoms with Crippen molar-refractivity contribution in [3.8, 4) is 0 Å². The van der Waals surface area contributed by atoms with Crippen LogP contribution < -0.4 is 4.57 Å². The van der Waals surface area contributed by atoms with E-state index in [2.05, 4.69) is 36.7 Å². The summed E-state index contributed by atoms with van der Waals surface area (Å²) < 4.78 is 13.3. The van der Waals surface area contributed by atoms with Gasteiger partial charge in [-0.2, -0.15) is 0 Å². The predicted molar refractivity (Wildman–Crippen MR) is 77.2 cm³/mol. The van der Waals surface area contributed by atoms with E-state index in [1.807, 2.05) is 6.07 Å². The maximum absolute atomic E-state index is 5.57. The maximum atomic E-state index is 5.57. The summed E-state index contributed by atoms with van der Waals surface area (Å²) in [6.45, 7) is 8.26. The predicted octanol–water partition coefficient (Wildman–Crippen LogP) is 2.90. The Morgan fingerprint density at radius 2 is 1.74 bits per heavy atom. The first-order valence-electron chi connectivity index (χ1n) is 7.45. The lowest BCUT2D eigenvalue weighted by Gasteiger charge is -2.05. The fraction of sp³-hybridized carbons (Fsp3) is 0.688. The van der Waals surface area contributed by atoms with Gasteiger partial charge < -0.3 is 9.47 Å². The molecule has 0 aliphatic heterocycles. The summed E-state index contributed by atoms with van der Waals surface area (Å²) in [5.41, 5.74) is 1.26. The van der Waals surface area contributed by atoms with Gasteiger partial charge in [0.15, 0.2) is 18.4 Å². The van der Waals surface area contributed by atoms with Crippen LogP contribution in [-0.4, -0.2) is 26.4 Å². The van der Waals surface area contributed by atoms with Crippen LogP contribution in [0.3, 0.4) is 0 Å². The lowest BCUT2D eigenvalue weighted by atomic mass is 10.2. The van der Waals surface area contributed by atoms with E-state index >= 15 is 0 Å². The Balaban J connectivity index is 1.90. The highest BCUT2D eigenvalue weighted by molar-refractivity contribution is 4.93. The molecule has 3 heteroatoms. The van der Waals surface area contributed by atoms with Gasteiger partial charge >= 0.3 is 0 Å². The summed E-state index contributed by atoms with van der Waals surface area (Å²) in [4.78, 5) is 0. The zero-order chi connectivity index (χ0) is 13.8. The van der Waals surface area contributed by atoms with Crippen LogP contribution in [0, 0.1) is 6.92 Å². The topological polar surface area (TPSA) is 22.3 Å². The number of rotatable bonds is 11. The van der Waals surface area contributed by atoms with E-state index in [1.54, 1.807) is 0 Å². The van der Waals surface area contributed by atoms with Crippen molar-refractivity contribution in [2.45, 2.75) is 46.1 Å².